The molecule has 6 nitrogen and oxygen atoms in total. The number of nitrogen functional groups attached to an aromatic ring is 1. The van der Waals surface area contributed by atoms with Crippen LogP contribution in [0.15, 0.2) is 46.9 Å². The summed E-state index contributed by atoms with van der Waals surface area (Å²) in [6.45, 7) is 0. The number of rotatable bonds is 4. The monoisotopic (exact) mass is 476 g/mol. The molecule has 0 saturated heterocycles. The van der Waals surface area contributed by atoms with Gasteiger partial charge in [-0.15, -0.1) is 11.3 Å². The van der Waals surface area contributed by atoms with E-state index in [0.717, 1.165) is 0 Å². The fraction of sp³-hybridized carbons (Fsp3) is 0.0625. The van der Waals surface area contributed by atoms with E-state index in [0.29, 0.717) is 27.4 Å². The molecular weight excluding hydrogens is 465 g/mol. The van der Waals surface area contributed by atoms with Crippen LogP contribution in [-0.2, 0) is 10.2 Å². The first-order chi connectivity index (χ1) is 12.5. The first kappa shape index (κ1) is 19.9. The van der Waals surface area contributed by atoms with Crippen LogP contribution < -0.4 is 11.1 Å². The quantitative estimate of drug-likeness (QED) is 0.321. The average Bonchev–Trinajstić information content (AvgIpc) is 2.93. The smallest absolute Gasteiger partial charge is 0.397 e. The van der Waals surface area contributed by atoms with Crippen molar-refractivity contribution in [3.05, 3.63) is 57.4 Å². The van der Waals surface area contributed by atoms with Crippen LogP contribution in [0.2, 0.25) is 0 Å². The zero-order chi connectivity index (χ0) is 20.0. The van der Waals surface area contributed by atoms with Crippen LogP contribution in [0, 0.1) is 0 Å². The summed E-state index contributed by atoms with van der Waals surface area (Å²) < 4.78 is 39.5. The molecule has 0 spiro atoms. The van der Waals surface area contributed by atoms with Gasteiger partial charge in [-0.3, -0.25) is 9.36 Å². The Balaban J connectivity index is 2.01. The van der Waals surface area contributed by atoms with Crippen molar-refractivity contribution < 1.29 is 27.9 Å². The molecule has 0 aliphatic rings. The third kappa shape index (κ3) is 3.63. The predicted octanol–water partition coefficient (Wildman–Crippen LogP) is 4.73. The summed E-state index contributed by atoms with van der Waals surface area (Å²) >= 11 is 3.52. The molecule has 0 aliphatic carbocycles. The van der Waals surface area contributed by atoms with Crippen molar-refractivity contribution in [2.45, 2.75) is 5.66 Å². The maximum Gasteiger partial charge on any atom is 0.400 e. The van der Waals surface area contributed by atoms with Crippen LogP contribution in [0.25, 0.3) is 10.1 Å². The van der Waals surface area contributed by atoms with Crippen molar-refractivity contribution in [3.8, 4) is 0 Å². The number of nitrogens with one attached hydrogen (secondary N) is 1. The van der Waals surface area contributed by atoms with Gasteiger partial charge in [0.1, 0.15) is 4.88 Å². The summed E-state index contributed by atoms with van der Waals surface area (Å²) in [5.41, 5.74) is 2.39. The van der Waals surface area contributed by atoms with Gasteiger partial charge in [-0.1, -0.05) is 12.1 Å². The van der Waals surface area contributed by atoms with Crippen molar-refractivity contribution >= 4 is 62.2 Å². The van der Waals surface area contributed by atoms with Crippen molar-refractivity contribution in [2.75, 3.05) is 11.1 Å². The maximum absolute atomic E-state index is 14.1. The lowest BCUT2D eigenvalue weighted by atomic mass is 10.1. The Hall–Kier alpha value is -1.84. The average molecular weight is 477 g/mol. The number of hydrogen-bond donors (Lipinski definition) is 4. The molecule has 0 saturated carbocycles. The van der Waals surface area contributed by atoms with Gasteiger partial charge in [0.2, 0.25) is 0 Å². The molecule has 0 bridgehead atoms. The number of alkyl halides is 2. The number of amides is 1. The fourth-order valence-corrected chi connectivity index (χ4v) is 5.26. The molecule has 11 heteroatoms. The molecule has 0 aliphatic heterocycles. The minimum Gasteiger partial charge on any atom is -0.397 e. The SMILES string of the molecule is Nc1ccccc1NC(=O)c1ccc2sc(C(F)(F)P(=O)(O)O)c(Br)c2c1. The van der Waals surface area contributed by atoms with Gasteiger partial charge in [0.05, 0.1) is 11.4 Å². The van der Waals surface area contributed by atoms with Crippen molar-refractivity contribution in [2.24, 2.45) is 0 Å². The molecular formula is C16H12BrF2N2O4PS. The van der Waals surface area contributed by atoms with E-state index >= 15 is 0 Å². The van der Waals surface area contributed by atoms with E-state index in [1.807, 2.05) is 0 Å². The molecule has 1 amide bonds. The summed E-state index contributed by atoms with van der Waals surface area (Å²) in [5, 5.41) is 2.87. The highest BCUT2D eigenvalue weighted by molar-refractivity contribution is 9.10. The highest BCUT2D eigenvalue weighted by Gasteiger charge is 2.53. The fourth-order valence-electron chi connectivity index (χ4n) is 2.34. The van der Waals surface area contributed by atoms with Crippen LogP contribution in [0.1, 0.15) is 15.2 Å². The third-order valence-corrected chi connectivity index (χ3v) is 7.17. The predicted molar refractivity (Wildman–Crippen MR) is 104 cm³/mol. The minimum absolute atomic E-state index is 0.162. The Morgan fingerprint density at radius 1 is 1.22 bits per heavy atom. The lowest BCUT2D eigenvalue weighted by Gasteiger charge is -2.16. The number of nitrogens with two attached hydrogens (primary N) is 1. The zero-order valence-corrected chi connectivity index (χ0v) is 16.6. The summed E-state index contributed by atoms with van der Waals surface area (Å²) in [4.78, 5) is 29.5. The molecule has 5 N–H and O–H groups in total. The van der Waals surface area contributed by atoms with Crippen LogP contribution in [0.4, 0.5) is 20.2 Å². The number of halogens is 3. The van der Waals surface area contributed by atoms with E-state index in [-0.39, 0.29) is 15.4 Å². The van der Waals surface area contributed by atoms with Crippen LogP contribution in [0.5, 0.6) is 0 Å². The van der Waals surface area contributed by atoms with Gasteiger partial charge in [0.25, 0.3) is 5.91 Å². The Kier molecular flexibility index (Phi) is 5.13. The number of anilines is 2. The standard InChI is InChI=1S/C16H12BrF2N2O4PS/c17-13-9-7-8(15(22)21-11-4-2-1-3-10(11)20)5-6-12(9)27-14(13)16(18,19)26(23,24)25/h1-7H,20H2,(H,21,22)(H2,23,24,25). The largest absolute Gasteiger partial charge is 0.400 e. The molecule has 0 radical (unpaired) electrons. The normalized spacial score (nSPS) is 12.3. The van der Waals surface area contributed by atoms with E-state index in [4.69, 9.17) is 15.5 Å². The van der Waals surface area contributed by atoms with E-state index in [1.54, 1.807) is 24.3 Å². The number of carbonyl (C=O) groups is 1. The van der Waals surface area contributed by atoms with Crippen LogP contribution >= 0.6 is 34.9 Å². The van der Waals surface area contributed by atoms with Gasteiger partial charge >= 0.3 is 13.3 Å². The summed E-state index contributed by atoms with van der Waals surface area (Å²) in [6, 6.07) is 10.9. The van der Waals surface area contributed by atoms with E-state index in [2.05, 4.69) is 21.2 Å². The Labute approximate surface area is 164 Å². The molecule has 142 valence electrons. The van der Waals surface area contributed by atoms with Gasteiger partial charge in [0, 0.05) is 20.1 Å². The Bertz CT molecular complexity index is 1100. The maximum atomic E-state index is 14.1. The highest BCUT2D eigenvalue weighted by atomic mass is 79.9. The second kappa shape index (κ2) is 6.96. The van der Waals surface area contributed by atoms with Crippen LogP contribution in [0.3, 0.4) is 0 Å². The van der Waals surface area contributed by atoms with Gasteiger partial charge in [0.15, 0.2) is 0 Å². The second-order valence-electron chi connectivity index (χ2n) is 5.58. The number of hydrogen-bond acceptors (Lipinski definition) is 4. The first-order valence-corrected chi connectivity index (χ1v) is 10.6. The number of thiophene rings is 1. The summed E-state index contributed by atoms with van der Waals surface area (Å²) in [5.74, 6) is -0.504. The van der Waals surface area contributed by atoms with Crippen molar-refractivity contribution in [1.29, 1.82) is 0 Å². The Morgan fingerprint density at radius 3 is 2.52 bits per heavy atom. The molecule has 3 aromatic rings. The van der Waals surface area contributed by atoms with Crippen molar-refractivity contribution in [3.63, 3.8) is 0 Å². The second-order valence-corrected chi connectivity index (χ2v) is 9.08. The highest BCUT2D eigenvalue weighted by Crippen LogP contribution is 2.62. The van der Waals surface area contributed by atoms with Gasteiger partial charge < -0.3 is 20.8 Å². The van der Waals surface area contributed by atoms with Gasteiger partial charge in [-0.05, 0) is 46.3 Å². The Morgan fingerprint density at radius 2 is 1.89 bits per heavy atom. The van der Waals surface area contributed by atoms with E-state index in [1.165, 1.54) is 18.2 Å². The topological polar surface area (TPSA) is 113 Å². The summed E-state index contributed by atoms with van der Waals surface area (Å²) in [6.07, 6.45) is 0. The van der Waals surface area contributed by atoms with Gasteiger partial charge in [-0.2, -0.15) is 8.78 Å². The van der Waals surface area contributed by atoms with E-state index in [9.17, 15) is 18.1 Å². The molecule has 0 fully saturated rings. The molecule has 27 heavy (non-hydrogen) atoms. The lowest BCUT2D eigenvalue weighted by molar-refractivity contribution is 0.0595. The number of fused-ring (bicyclic) bond motifs is 1. The first-order valence-electron chi connectivity index (χ1n) is 7.34. The number of benzene rings is 2. The van der Waals surface area contributed by atoms with Crippen molar-refractivity contribution in [1.82, 2.24) is 0 Å². The number of carbonyl (C=O) groups excluding carboxylic acids is 1. The third-order valence-electron chi connectivity index (χ3n) is 3.74. The summed E-state index contributed by atoms with van der Waals surface area (Å²) in [7, 11) is -5.70. The minimum atomic E-state index is -5.70. The van der Waals surface area contributed by atoms with E-state index < -0.39 is 24.0 Å². The van der Waals surface area contributed by atoms with Gasteiger partial charge in [-0.25, -0.2) is 0 Å². The zero-order valence-electron chi connectivity index (χ0n) is 13.3. The molecule has 0 atom stereocenters. The molecule has 1 heterocycles. The lowest BCUT2D eigenvalue weighted by Crippen LogP contribution is -2.13. The van der Waals surface area contributed by atoms with Crippen LogP contribution in [-0.4, -0.2) is 15.7 Å². The molecule has 3 rings (SSSR count). The molecule has 2 aromatic carbocycles. The molecule has 0 unspecified atom stereocenters. The molecule has 1 aromatic heterocycles. The number of para-hydroxylation sites is 2.